The van der Waals surface area contributed by atoms with Crippen molar-refractivity contribution in [2.75, 3.05) is 5.75 Å². The van der Waals surface area contributed by atoms with Gasteiger partial charge in [0.1, 0.15) is 11.5 Å². The Labute approximate surface area is 162 Å². The van der Waals surface area contributed by atoms with Crippen LogP contribution in [0, 0.1) is 5.82 Å². The van der Waals surface area contributed by atoms with Crippen LogP contribution in [0.25, 0.3) is 16.2 Å². The zero-order valence-corrected chi connectivity index (χ0v) is 15.6. The summed E-state index contributed by atoms with van der Waals surface area (Å²) in [5.41, 5.74) is 2.30. The number of fused-ring (bicyclic) bond motifs is 1. The van der Waals surface area contributed by atoms with Crippen LogP contribution in [-0.2, 0) is 11.3 Å². The number of carbonyl (C=O) groups excluding carboxylic acids is 1. The molecule has 0 atom stereocenters. The molecule has 0 saturated heterocycles. The van der Waals surface area contributed by atoms with Crippen molar-refractivity contribution in [3.63, 3.8) is 0 Å². The first-order valence-corrected chi connectivity index (χ1v) is 9.96. The van der Waals surface area contributed by atoms with Gasteiger partial charge in [-0.1, -0.05) is 30.0 Å². The summed E-state index contributed by atoms with van der Waals surface area (Å²) < 4.78 is 14.5. The summed E-state index contributed by atoms with van der Waals surface area (Å²) in [5, 5.41) is 18.1. The number of aromatic nitrogens is 4. The molecule has 4 aromatic rings. The molecular weight excluding hydrogens is 385 g/mol. The number of nitrogens with zero attached hydrogens (tertiary/aromatic N) is 4. The average molecular weight is 399 g/mol. The Balaban J connectivity index is 1.40. The van der Waals surface area contributed by atoms with Crippen LogP contribution in [0.5, 0.6) is 0 Å². The van der Waals surface area contributed by atoms with E-state index in [1.165, 1.54) is 23.9 Å². The van der Waals surface area contributed by atoms with Crippen LogP contribution >= 0.6 is 23.1 Å². The zero-order chi connectivity index (χ0) is 18.6. The van der Waals surface area contributed by atoms with Crippen LogP contribution in [0.3, 0.4) is 0 Å². The summed E-state index contributed by atoms with van der Waals surface area (Å²) in [7, 11) is 0. The van der Waals surface area contributed by atoms with Crippen LogP contribution in [0.1, 0.15) is 5.56 Å². The summed E-state index contributed by atoms with van der Waals surface area (Å²) in [6, 6.07) is 13.8. The molecule has 27 heavy (non-hydrogen) atoms. The molecule has 0 radical (unpaired) electrons. The minimum absolute atomic E-state index is 0.143. The van der Waals surface area contributed by atoms with Gasteiger partial charge >= 0.3 is 0 Å². The molecule has 1 N–H and O–H groups in total. The van der Waals surface area contributed by atoms with E-state index in [9.17, 15) is 9.18 Å². The van der Waals surface area contributed by atoms with Gasteiger partial charge < -0.3 is 5.32 Å². The first-order valence-electron chi connectivity index (χ1n) is 8.09. The van der Waals surface area contributed by atoms with Gasteiger partial charge in [-0.2, -0.15) is 9.61 Å². The number of hydrogen-bond acceptors (Lipinski definition) is 6. The summed E-state index contributed by atoms with van der Waals surface area (Å²) >= 11 is 2.87. The Morgan fingerprint density at radius 3 is 2.78 bits per heavy atom. The highest BCUT2D eigenvalue weighted by Gasteiger charge is 2.12. The highest BCUT2D eigenvalue weighted by molar-refractivity contribution is 7.99. The van der Waals surface area contributed by atoms with E-state index in [0.29, 0.717) is 17.3 Å². The number of thiophene rings is 1. The Morgan fingerprint density at radius 2 is 2.00 bits per heavy atom. The minimum atomic E-state index is -0.297. The van der Waals surface area contributed by atoms with Crippen molar-refractivity contribution in [1.29, 1.82) is 0 Å². The Morgan fingerprint density at radius 1 is 1.15 bits per heavy atom. The third kappa shape index (κ3) is 4.15. The third-order valence-corrected chi connectivity index (χ3v) is 5.55. The lowest BCUT2D eigenvalue weighted by atomic mass is 10.2. The fourth-order valence-electron chi connectivity index (χ4n) is 2.40. The fraction of sp³-hybridized carbons (Fsp3) is 0.111. The summed E-state index contributed by atoms with van der Waals surface area (Å²) in [6.45, 7) is 0.348. The SMILES string of the molecule is O=C(CSc1nnc2ccc(-c3cccs3)nn12)NCc1ccc(F)cc1. The van der Waals surface area contributed by atoms with Crippen molar-refractivity contribution >= 4 is 34.7 Å². The van der Waals surface area contributed by atoms with Crippen molar-refractivity contribution < 1.29 is 9.18 Å². The molecule has 136 valence electrons. The number of rotatable bonds is 6. The zero-order valence-electron chi connectivity index (χ0n) is 14.0. The molecule has 0 aliphatic rings. The third-order valence-electron chi connectivity index (χ3n) is 3.74. The average Bonchev–Trinajstić information content (AvgIpc) is 3.35. The van der Waals surface area contributed by atoms with Crippen molar-refractivity contribution in [2.24, 2.45) is 0 Å². The smallest absolute Gasteiger partial charge is 0.230 e. The highest BCUT2D eigenvalue weighted by Crippen LogP contribution is 2.24. The second-order valence-corrected chi connectivity index (χ2v) is 7.53. The van der Waals surface area contributed by atoms with Gasteiger partial charge in [0.2, 0.25) is 11.1 Å². The molecule has 1 amide bonds. The predicted octanol–water partition coefficient (Wildman–Crippen LogP) is 3.40. The molecule has 0 fully saturated rings. The van der Waals surface area contributed by atoms with Gasteiger partial charge in [0.25, 0.3) is 0 Å². The maximum Gasteiger partial charge on any atom is 0.230 e. The monoisotopic (exact) mass is 399 g/mol. The fourth-order valence-corrected chi connectivity index (χ4v) is 3.81. The number of benzene rings is 1. The van der Waals surface area contributed by atoms with Crippen molar-refractivity contribution in [3.05, 3.63) is 65.3 Å². The predicted molar refractivity (Wildman–Crippen MR) is 103 cm³/mol. The van der Waals surface area contributed by atoms with Gasteiger partial charge in [-0.15, -0.1) is 21.5 Å². The van der Waals surface area contributed by atoms with Gasteiger partial charge in [0, 0.05) is 6.54 Å². The molecule has 1 aromatic carbocycles. The topological polar surface area (TPSA) is 72.2 Å². The lowest BCUT2D eigenvalue weighted by molar-refractivity contribution is -0.118. The number of carbonyl (C=O) groups is 1. The molecule has 0 bridgehead atoms. The van der Waals surface area contributed by atoms with Gasteiger partial charge in [-0.05, 0) is 41.3 Å². The Hall–Kier alpha value is -2.78. The van der Waals surface area contributed by atoms with Crippen LogP contribution < -0.4 is 5.32 Å². The lowest BCUT2D eigenvalue weighted by Gasteiger charge is -2.05. The highest BCUT2D eigenvalue weighted by atomic mass is 32.2. The molecule has 4 rings (SSSR count). The molecule has 0 aliphatic heterocycles. The molecule has 0 saturated carbocycles. The molecule has 3 aromatic heterocycles. The van der Waals surface area contributed by atoms with Gasteiger partial charge in [-0.25, -0.2) is 4.39 Å². The number of amides is 1. The second kappa shape index (κ2) is 7.85. The van der Waals surface area contributed by atoms with E-state index in [0.717, 1.165) is 16.1 Å². The lowest BCUT2D eigenvalue weighted by Crippen LogP contribution is -2.24. The number of hydrogen-bond donors (Lipinski definition) is 1. The Kier molecular flexibility index (Phi) is 5.12. The first kappa shape index (κ1) is 17.6. The first-order chi connectivity index (χ1) is 13.2. The van der Waals surface area contributed by atoms with Gasteiger partial charge in [0.15, 0.2) is 5.65 Å². The van der Waals surface area contributed by atoms with Crippen molar-refractivity contribution in [3.8, 4) is 10.6 Å². The van der Waals surface area contributed by atoms with Crippen LogP contribution in [0.15, 0.2) is 59.1 Å². The molecular formula is C18H14FN5OS2. The van der Waals surface area contributed by atoms with E-state index >= 15 is 0 Å². The number of thioether (sulfide) groups is 1. The standard InChI is InChI=1S/C18H14FN5OS2/c19-13-5-3-12(4-6-13)10-20-17(25)11-27-18-22-21-16-8-7-14(23-24(16)18)15-2-1-9-26-15/h1-9H,10-11H2,(H,20,25). The molecule has 0 spiro atoms. The van der Waals surface area contributed by atoms with Crippen LogP contribution in [-0.4, -0.2) is 31.5 Å². The van der Waals surface area contributed by atoms with E-state index in [-0.39, 0.29) is 17.5 Å². The minimum Gasteiger partial charge on any atom is -0.351 e. The van der Waals surface area contributed by atoms with E-state index in [4.69, 9.17) is 0 Å². The van der Waals surface area contributed by atoms with E-state index in [1.54, 1.807) is 28.0 Å². The van der Waals surface area contributed by atoms with E-state index < -0.39 is 0 Å². The molecule has 0 aliphatic carbocycles. The summed E-state index contributed by atoms with van der Waals surface area (Å²) in [4.78, 5) is 13.1. The van der Waals surface area contributed by atoms with E-state index in [2.05, 4.69) is 20.6 Å². The summed E-state index contributed by atoms with van der Waals surface area (Å²) in [5.74, 6) is -0.253. The largest absolute Gasteiger partial charge is 0.351 e. The van der Waals surface area contributed by atoms with Gasteiger partial charge in [0.05, 0.1) is 10.6 Å². The van der Waals surface area contributed by atoms with Gasteiger partial charge in [-0.3, -0.25) is 4.79 Å². The normalized spacial score (nSPS) is 11.0. The quantitative estimate of drug-likeness (QED) is 0.503. The van der Waals surface area contributed by atoms with Crippen LogP contribution in [0.2, 0.25) is 0 Å². The number of halogens is 1. The molecule has 3 heterocycles. The van der Waals surface area contributed by atoms with E-state index in [1.807, 2.05) is 29.6 Å². The summed E-state index contributed by atoms with van der Waals surface area (Å²) in [6.07, 6.45) is 0. The van der Waals surface area contributed by atoms with Crippen LogP contribution in [0.4, 0.5) is 4.39 Å². The Bertz CT molecular complexity index is 1060. The molecule has 6 nitrogen and oxygen atoms in total. The second-order valence-electron chi connectivity index (χ2n) is 5.64. The van der Waals surface area contributed by atoms with Crippen molar-refractivity contribution in [1.82, 2.24) is 25.1 Å². The number of nitrogens with one attached hydrogen (secondary N) is 1. The molecule has 0 unspecified atom stereocenters. The van der Waals surface area contributed by atoms with Crippen molar-refractivity contribution in [2.45, 2.75) is 11.7 Å². The molecule has 9 heteroatoms. The maximum atomic E-state index is 12.9. The maximum absolute atomic E-state index is 12.9.